The number of thiophene rings is 1. The number of rotatable bonds is 3. The number of thiazole rings is 1. The molecule has 0 aliphatic carbocycles. The first-order valence-electron chi connectivity index (χ1n) is 8.27. The standard InChI is InChI=1S/C18H19N3OS2/c1-3-21-9-8-12-15(10-21)24-17(19-11(2)22)16(12)18-20-13-6-4-5-7-14(13)23-18/h4-7H,3,8-10H2,1-2H3,(H,19,22)/p+1. The zero-order valence-corrected chi connectivity index (χ0v) is 15.4. The average molecular weight is 359 g/mol. The molecule has 3 aromatic rings. The fourth-order valence-corrected chi connectivity index (χ4v) is 5.77. The van der Waals surface area contributed by atoms with Gasteiger partial charge in [-0.05, 0) is 24.6 Å². The minimum atomic E-state index is -0.0179. The molecule has 24 heavy (non-hydrogen) atoms. The molecule has 0 fully saturated rings. The van der Waals surface area contributed by atoms with Crippen molar-refractivity contribution in [2.24, 2.45) is 0 Å². The summed E-state index contributed by atoms with van der Waals surface area (Å²) in [6, 6.07) is 8.22. The summed E-state index contributed by atoms with van der Waals surface area (Å²) in [5.74, 6) is -0.0179. The molecule has 2 N–H and O–H groups in total. The smallest absolute Gasteiger partial charge is 0.221 e. The molecule has 1 aliphatic rings. The van der Waals surface area contributed by atoms with E-state index in [0.29, 0.717) is 0 Å². The molecule has 1 unspecified atom stereocenters. The Hall–Kier alpha value is -1.76. The van der Waals surface area contributed by atoms with E-state index in [-0.39, 0.29) is 5.91 Å². The lowest BCUT2D eigenvalue weighted by atomic mass is 10.0. The summed E-state index contributed by atoms with van der Waals surface area (Å²) in [4.78, 5) is 19.5. The van der Waals surface area contributed by atoms with E-state index in [1.807, 2.05) is 12.1 Å². The van der Waals surface area contributed by atoms with Gasteiger partial charge in [0.2, 0.25) is 5.91 Å². The third-order valence-corrected chi connectivity index (χ3v) is 6.73. The second-order valence-electron chi connectivity index (χ2n) is 6.16. The van der Waals surface area contributed by atoms with Crippen molar-refractivity contribution in [2.75, 3.05) is 18.4 Å². The summed E-state index contributed by atoms with van der Waals surface area (Å²) in [6.07, 6.45) is 1.06. The minimum absolute atomic E-state index is 0.0179. The van der Waals surface area contributed by atoms with Crippen LogP contribution in [0.25, 0.3) is 20.8 Å². The molecule has 0 saturated carbocycles. The Morgan fingerprint density at radius 1 is 1.33 bits per heavy atom. The molecule has 3 heterocycles. The van der Waals surface area contributed by atoms with Crippen LogP contribution in [-0.2, 0) is 17.8 Å². The zero-order chi connectivity index (χ0) is 16.7. The van der Waals surface area contributed by atoms with E-state index in [2.05, 4.69) is 24.4 Å². The molecule has 124 valence electrons. The number of nitrogens with one attached hydrogen (secondary N) is 2. The van der Waals surface area contributed by atoms with Gasteiger partial charge in [-0.3, -0.25) is 4.79 Å². The summed E-state index contributed by atoms with van der Waals surface area (Å²) < 4.78 is 1.19. The van der Waals surface area contributed by atoms with Gasteiger partial charge in [0.15, 0.2) is 0 Å². The van der Waals surface area contributed by atoms with Gasteiger partial charge in [0.1, 0.15) is 16.6 Å². The first kappa shape index (κ1) is 15.7. The first-order chi connectivity index (χ1) is 11.7. The molecule has 0 bridgehead atoms. The van der Waals surface area contributed by atoms with E-state index >= 15 is 0 Å². The topological polar surface area (TPSA) is 46.4 Å². The maximum atomic E-state index is 11.7. The molecule has 0 saturated heterocycles. The summed E-state index contributed by atoms with van der Waals surface area (Å²) in [7, 11) is 0. The Morgan fingerprint density at radius 3 is 2.92 bits per heavy atom. The minimum Gasteiger partial charge on any atom is -0.330 e. The van der Waals surface area contributed by atoms with Crippen LogP contribution >= 0.6 is 22.7 Å². The number of amides is 1. The third-order valence-electron chi connectivity index (χ3n) is 4.53. The third kappa shape index (κ3) is 2.75. The molecule has 0 radical (unpaired) electrons. The Kier molecular flexibility index (Phi) is 4.12. The monoisotopic (exact) mass is 358 g/mol. The number of benzene rings is 1. The van der Waals surface area contributed by atoms with Crippen LogP contribution in [0.1, 0.15) is 24.3 Å². The predicted octanol–water partition coefficient (Wildman–Crippen LogP) is 2.94. The van der Waals surface area contributed by atoms with Crippen LogP contribution in [0.4, 0.5) is 5.00 Å². The molecule has 4 nitrogen and oxygen atoms in total. The van der Waals surface area contributed by atoms with E-state index < -0.39 is 0 Å². The number of fused-ring (bicyclic) bond motifs is 2. The Labute approximate surface area is 149 Å². The maximum absolute atomic E-state index is 11.7. The largest absolute Gasteiger partial charge is 0.330 e. The lowest BCUT2D eigenvalue weighted by molar-refractivity contribution is -0.913. The number of hydrogen-bond acceptors (Lipinski definition) is 4. The van der Waals surface area contributed by atoms with Gasteiger partial charge >= 0.3 is 0 Å². The van der Waals surface area contributed by atoms with Gasteiger partial charge in [0, 0.05) is 18.9 Å². The lowest BCUT2D eigenvalue weighted by Gasteiger charge is -2.22. The number of likely N-dealkylation sites (N-methyl/N-ethyl adjacent to an activating group) is 1. The van der Waals surface area contributed by atoms with Crippen molar-refractivity contribution in [3.63, 3.8) is 0 Å². The normalized spacial score (nSPS) is 17.0. The fraction of sp³-hybridized carbons (Fsp3) is 0.333. The Balaban J connectivity index is 1.86. The molecule has 1 aliphatic heterocycles. The van der Waals surface area contributed by atoms with Gasteiger partial charge in [-0.25, -0.2) is 4.98 Å². The predicted molar refractivity (Wildman–Crippen MR) is 101 cm³/mol. The molecular formula is C18H20N3OS2+. The highest BCUT2D eigenvalue weighted by atomic mass is 32.1. The second-order valence-corrected chi connectivity index (χ2v) is 8.29. The Bertz CT molecular complexity index is 879. The van der Waals surface area contributed by atoms with Gasteiger partial charge in [0.05, 0.1) is 28.2 Å². The molecule has 1 atom stereocenters. The number of carbonyl (C=O) groups is 1. The molecule has 0 spiro atoms. The van der Waals surface area contributed by atoms with Crippen molar-refractivity contribution in [2.45, 2.75) is 26.8 Å². The highest BCUT2D eigenvalue weighted by Crippen LogP contribution is 2.44. The van der Waals surface area contributed by atoms with Crippen LogP contribution in [0.5, 0.6) is 0 Å². The number of nitrogens with zero attached hydrogens (tertiary/aromatic N) is 1. The number of anilines is 1. The van der Waals surface area contributed by atoms with E-state index in [1.54, 1.807) is 34.5 Å². The number of hydrogen-bond donors (Lipinski definition) is 2. The van der Waals surface area contributed by atoms with Gasteiger partial charge in [-0.1, -0.05) is 12.1 Å². The maximum Gasteiger partial charge on any atom is 0.221 e. The number of carbonyl (C=O) groups excluding carboxylic acids is 1. The summed E-state index contributed by atoms with van der Waals surface area (Å²) in [5.41, 5.74) is 3.57. The summed E-state index contributed by atoms with van der Waals surface area (Å²) in [6.45, 7) is 7.15. The van der Waals surface area contributed by atoms with Crippen LogP contribution in [0.15, 0.2) is 24.3 Å². The van der Waals surface area contributed by atoms with Crippen LogP contribution in [0.2, 0.25) is 0 Å². The first-order valence-corrected chi connectivity index (χ1v) is 9.90. The molecule has 4 rings (SSSR count). The van der Waals surface area contributed by atoms with Crippen molar-refractivity contribution >= 4 is 43.8 Å². The average Bonchev–Trinajstić information content (AvgIpc) is 3.13. The van der Waals surface area contributed by atoms with Crippen LogP contribution in [-0.4, -0.2) is 24.0 Å². The van der Waals surface area contributed by atoms with Crippen LogP contribution in [0, 0.1) is 0 Å². The fourth-order valence-electron chi connectivity index (χ4n) is 3.29. The highest BCUT2D eigenvalue weighted by molar-refractivity contribution is 7.22. The van der Waals surface area contributed by atoms with Gasteiger partial charge in [-0.15, -0.1) is 22.7 Å². The van der Waals surface area contributed by atoms with E-state index in [1.165, 1.54) is 15.1 Å². The number of para-hydroxylation sites is 1. The lowest BCUT2D eigenvalue weighted by Crippen LogP contribution is -3.11. The summed E-state index contributed by atoms with van der Waals surface area (Å²) >= 11 is 3.44. The highest BCUT2D eigenvalue weighted by Gasteiger charge is 2.28. The SMILES string of the molecule is CC[NH+]1CCc2c(sc(NC(C)=O)c2-c2nc3ccccc3s2)C1. The molecule has 2 aromatic heterocycles. The molecule has 1 aromatic carbocycles. The van der Waals surface area contributed by atoms with Crippen molar-refractivity contribution in [1.29, 1.82) is 0 Å². The van der Waals surface area contributed by atoms with Gasteiger partial charge < -0.3 is 10.2 Å². The van der Waals surface area contributed by atoms with Crippen molar-refractivity contribution in [3.05, 3.63) is 34.7 Å². The van der Waals surface area contributed by atoms with Gasteiger partial charge in [-0.2, -0.15) is 0 Å². The number of quaternary nitrogens is 1. The Morgan fingerprint density at radius 2 is 2.17 bits per heavy atom. The number of aromatic nitrogens is 1. The summed E-state index contributed by atoms with van der Waals surface area (Å²) in [5, 5.41) is 5.03. The quantitative estimate of drug-likeness (QED) is 0.756. The van der Waals surface area contributed by atoms with Crippen molar-refractivity contribution in [1.82, 2.24) is 4.98 Å². The van der Waals surface area contributed by atoms with Crippen LogP contribution < -0.4 is 10.2 Å². The van der Waals surface area contributed by atoms with Crippen LogP contribution in [0.3, 0.4) is 0 Å². The zero-order valence-electron chi connectivity index (χ0n) is 13.8. The van der Waals surface area contributed by atoms with Crippen molar-refractivity contribution < 1.29 is 9.69 Å². The van der Waals surface area contributed by atoms with E-state index in [4.69, 9.17) is 4.98 Å². The van der Waals surface area contributed by atoms with Gasteiger partial charge in [0.25, 0.3) is 0 Å². The van der Waals surface area contributed by atoms with Crippen molar-refractivity contribution in [3.8, 4) is 10.6 Å². The molecular weight excluding hydrogens is 338 g/mol. The van der Waals surface area contributed by atoms with E-state index in [9.17, 15) is 4.79 Å². The molecule has 1 amide bonds. The second kappa shape index (κ2) is 6.27. The molecule has 6 heteroatoms. The van der Waals surface area contributed by atoms with E-state index in [0.717, 1.165) is 47.1 Å².